The summed E-state index contributed by atoms with van der Waals surface area (Å²) in [6.07, 6.45) is 3.07. The maximum atomic E-state index is 11.7. The van der Waals surface area contributed by atoms with E-state index in [0.29, 0.717) is 18.0 Å². The highest BCUT2D eigenvalue weighted by molar-refractivity contribution is 7.13. The largest absolute Gasteiger partial charge is 0.481 e. The first-order valence-corrected chi connectivity index (χ1v) is 6.96. The number of aryl methyl sites for hydroxylation is 1. The van der Waals surface area contributed by atoms with E-state index in [-0.39, 0.29) is 18.7 Å². The van der Waals surface area contributed by atoms with Crippen LogP contribution in [0.1, 0.15) is 24.2 Å². The number of carboxylic acid groups (broad SMARTS) is 1. The van der Waals surface area contributed by atoms with Crippen LogP contribution in [0.4, 0.5) is 5.13 Å². The van der Waals surface area contributed by atoms with Crippen molar-refractivity contribution in [2.24, 2.45) is 0 Å². The van der Waals surface area contributed by atoms with Crippen LogP contribution in [0.3, 0.4) is 0 Å². The van der Waals surface area contributed by atoms with Gasteiger partial charge in [0.1, 0.15) is 0 Å². The summed E-state index contributed by atoms with van der Waals surface area (Å²) < 4.78 is 0. The molecule has 0 spiro atoms. The Morgan fingerprint density at radius 1 is 1.45 bits per heavy atom. The summed E-state index contributed by atoms with van der Waals surface area (Å²) in [5.41, 5.74) is 1.54. The molecule has 0 bridgehead atoms. The lowest BCUT2D eigenvalue weighted by Gasteiger charge is -1.99. The van der Waals surface area contributed by atoms with Gasteiger partial charge >= 0.3 is 5.97 Å². The average Bonchev–Trinajstić information content (AvgIpc) is 3.01. The number of H-pyrrole nitrogens is 1. The summed E-state index contributed by atoms with van der Waals surface area (Å²) in [6.45, 7) is 0. The van der Waals surface area contributed by atoms with Crippen molar-refractivity contribution in [3.05, 3.63) is 29.0 Å². The number of carbonyl (C=O) groups excluding carboxylic acids is 1. The van der Waals surface area contributed by atoms with Gasteiger partial charge in [0, 0.05) is 23.7 Å². The number of hydrogen-bond donors (Lipinski definition) is 3. The Hall–Kier alpha value is -2.22. The number of thiazole rings is 1. The number of anilines is 1. The van der Waals surface area contributed by atoms with E-state index in [1.807, 2.05) is 5.38 Å². The van der Waals surface area contributed by atoms with E-state index in [1.54, 1.807) is 12.3 Å². The monoisotopic (exact) mass is 294 g/mol. The number of nitrogens with zero attached hydrogens (tertiary/aromatic N) is 2. The molecule has 2 rings (SSSR count). The molecular weight excluding hydrogens is 280 g/mol. The SMILES string of the molecule is O=C(O)CCCc1csc(NC(=O)Cc2ccn[nH]2)n1. The number of aromatic nitrogens is 3. The molecule has 0 atom stereocenters. The number of carboxylic acids is 1. The number of amides is 1. The molecule has 0 aliphatic heterocycles. The van der Waals surface area contributed by atoms with Gasteiger partial charge in [-0.2, -0.15) is 5.10 Å². The number of aliphatic carboxylic acids is 1. The van der Waals surface area contributed by atoms with Crippen LogP contribution >= 0.6 is 11.3 Å². The van der Waals surface area contributed by atoms with Crippen molar-refractivity contribution in [2.75, 3.05) is 5.32 Å². The van der Waals surface area contributed by atoms with Crippen molar-refractivity contribution in [2.45, 2.75) is 25.7 Å². The summed E-state index contributed by atoms with van der Waals surface area (Å²) in [5, 5.41) is 20.1. The van der Waals surface area contributed by atoms with Crippen LogP contribution in [0.5, 0.6) is 0 Å². The third-order valence-electron chi connectivity index (χ3n) is 2.53. The summed E-state index contributed by atoms with van der Waals surface area (Å²) in [7, 11) is 0. The van der Waals surface area contributed by atoms with Gasteiger partial charge in [-0.15, -0.1) is 11.3 Å². The molecule has 7 nitrogen and oxygen atoms in total. The van der Waals surface area contributed by atoms with Gasteiger partial charge in [-0.1, -0.05) is 0 Å². The summed E-state index contributed by atoms with van der Waals surface area (Å²) in [4.78, 5) is 26.4. The fraction of sp³-hybridized carbons (Fsp3) is 0.333. The first kappa shape index (κ1) is 14.2. The van der Waals surface area contributed by atoms with Crippen LogP contribution in [-0.4, -0.2) is 32.2 Å². The van der Waals surface area contributed by atoms with Gasteiger partial charge in [-0.25, -0.2) is 4.98 Å². The second kappa shape index (κ2) is 6.80. The number of carbonyl (C=O) groups is 2. The molecule has 0 aliphatic carbocycles. The predicted octanol–water partition coefficient (Wildman–Crippen LogP) is 1.45. The van der Waals surface area contributed by atoms with Gasteiger partial charge in [0.2, 0.25) is 5.91 Å². The summed E-state index contributed by atoms with van der Waals surface area (Å²) >= 11 is 1.33. The van der Waals surface area contributed by atoms with Gasteiger partial charge in [-0.3, -0.25) is 14.7 Å². The first-order valence-electron chi connectivity index (χ1n) is 6.08. The van der Waals surface area contributed by atoms with E-state index in [2.05, 4.69) is 20.5 Å². The van der Waals surface area contributed by atoms with Gasteiger partial charge in [0.05, 0.1) is 12.1 Å². The zero-order chi connectivity index (χ0) is 14.4. The smallest absolute Gasteiger partial charge is 0.303 e. The molecule has 0 saturated carbocycles. The Labute approximate surface area is 119 Å². The third kappa shape index (κ3) is 4.47. The lowest BCUT2D eigenvalue weighted by molar-refractivity contribution is -0.137. The molecule has 2 heterocycles. The van der Waals surface area contributed by atoms with E-state index in [0.717, 1.165) is 11.4 Å². The highest BCUT2D eigenvalue weighted by Gasteiger charge is 2.08. The van der Waals surface area contributed by atoms with Crippen molar-refractivity contribution >= 4 is 28.3 Å². The second-order valence-electron chi connectivity index (χ2n) is 4.20. The maximum absolute atomic E-state index is 11.7. The van der Waals surface area contributed by atoms with E-state index in [1.165, 1.54) is 11.3 Å². The van der Waals surface area contributed by atoms with Crippen molar-refractivity contribution < 1.29 is 14.7 Å². The molecule has 8 heteroatoms. The van der Waals surface area contributed by atoms with Crippen LogP contribution in [0, 0.1) is 0 Å². The van der Waals surface area contributed by atoms with Crippen LogP contribution in [0.15, 0.2) is 17.6 Å². The Morgan fingerprint density at radius 3 is 3.00 bits per heavy atom. The zero-order valence-electron chi connectivity index (χ0n) is 10.6. The van der Waals surface area contributed by atoms with E-state index in [4.69, 9.17) is 5.11 Å². The molecule has 2 aromatic rings. The Bertz CT molecular complexity index is 579. The van der Waals surface area contributed by atoms with Gasteiger partial charge in [-0.05, 0) is 18.9 Å². The molecular formula is C12H14N4O3S. The van der Waals surface area contributed by atoms with E-state index >= 15 is 0 Å². The zero-order valence-corrected chi connectivity index (χ0v) is 11.4. The Morgan fingerprint density at radius 2 is 2.30 bits per heavy atom. The van der Waals surface area contributed by atoms with E-state index < -0.39 is 5.97 Å². The molecule has 0 fully saturated rings. The first-order chi connectivity index (χ1) is 9.63. The number of hydrogen-bond acceptors (Lipinski definition) is 5. The van der Waals surface area contributed by atoms with Crippen molar-refractivity contribution in [3.63, 3.8) is 0 Å². The Balaban J connectivity index is 1.80. The lowest BCUT2D eigenvalue weighted by atomic mass is 10.2. The fourth-order valence-corrected chi connectivity index (χ4v) is 2.38. The highest BCUT2D eigenvalue weighted by Crippen LogP contribution is 2.17. The number of aromatic amines is 1. The van der Waals surface area contributed by atoms with Crippen LogP contribution in [0.2, 0.25) is 0 Å². The lowest BCUT2D eigenvalue weighted by Crippen LogP contribution is -2.14. The topological polar surface area (TPSA) is 108 Å². The molecule has 106 valence electrons. The van der Waals surface area contributed by atoms with E-state index in [9.17, 15) is 9.59 Å². The molecule has 2 aromatic heterocycles. The third-order valence-corrected chi connectivity index (χ3v) is 3.34. The standard InChI is InChI=1S/C12H14N4O3S/c17-10(6-8-4-5-13-16-8)15-12-14-9(7-20-12)2-1-3-11(18)19/h4-5,7H,1-3,6H2,(H,13,16)(H,18,19)(H,14,15,17). The second-order valence-corrected chi connectivity index (χ2v) is 5.06. The minimum Gasteiger partial charge on any atom is -0.481 e. The number of rotatable bonds is 7. The van der Waals surface area contributed by atoms with Crippen molar-refractivity contribution in [1.82, 2.24) is 15.2 Å². The van der Waals surface area contributed by atoms with Gasteiger partial charge < -0.3 is 10.4 Å². The minimum atomic E-state index is -0.812. The highest BCUT2D eigenvalue weighted by atomic mass is 32.1. The number of nitrogens with one attached hydrogen (secondary N) is 2. The Kier molecular flexibility index (Phi) is 4.83. The van der Waals surface area contributed by atoms with Crippen LogP contribution < -0.4 is 5.32 Å². The van der Waals surface area contributed by atoms with Gasteiger partial charge in [0.15, 0.2) is 5.13 Å². The molecule has 0 saturated heterocycles. The normalized spacial score (nSPS) is 10.4. The van der Waals surface area contributed by atoms with Crippen molar-refractivity contribution in [3.8, 4) is 0 Å². The molecule has 0 aliphatic rings. The predicted molar refractivity (Wildman–Crippen MR) is 73.6 cm³/mol. The summed E-state index contributed by atoms with van der Waals surface area (Å²) in [6, 6.07) is 1.73. The average molecular weight is 294 g/mol. The van der Waals surface area contributed by atoms with Crippen LogP contribution in [-0.2, 0) is 22.4 Å². The van der Waals surface area contributed by atoms with Gasteiger partial charge in [0.25, 0.3) is 0 Å². The molecule has 0 aromatic carbocycles. The summed E-state index contributed by atoms with van der Waals surface area (Å²) in [5.74, 6) is -0.978. The molecule has 0 unspecified atom stereocenters. The minimum absolute atomic E-state index is 0.124. The van der Waals surface area contributed by atoms with Crippen molar-refractivity contribution in [1.29, 1.82) is 0 Å². The molecule has 20 heavy (non-hydrogen) atoms. The maximum Gasteiger partial charge on any atom is 0.303 e. The molecule has 1 amide bonds. The van der Waals surface area contributed by atoms with Crippen LogP contribution in [0.25, 0.3) is 0 Å². The fourth-order valence-electron chi connectivity index (χ4n) is 1.62. The molecule has 0 radical (unpaired) electrons. The quantitative estimate of drug-likeness (QED) is 0.716. The molecule has 3 N–H and O–H groups in total.